The zero-order valence-corrected chi connectivity index (χ0v) is 16.5. The van der Waals surface area contributed by atoms with Gasteiger partial charge in [0.1, 0.15) is 0 Å². The Morgan fingerprint density at radius 2 is 1.89 bits per heavy atom. The molecule has 1 aliphatic heterocycles. The number of nitrogens with one attached hydrogen (secondary N) is 2. The highest BCUT2D eigenvalue weighted by atomic mass is 32.2. The summed E-state index contributed by atoms with van der Waals surface area (Å²) in [6.07, 6.45) is 1.62. The van der Waals surface area contributed by atoms with Crippen molar-refractivity contribution in [2.75, 3.05) is 46.3 Å². The molecule has 0 spiro atoms. The maximum absolute atomic E-state index is 12.9. The number of benzene rings is 1. The smallest absolute Gasteiger partial charge is 0.254 e. The van der Waals surface area contributed by atoms with E-state index in [0.29, 0.717) is 38.3 Å². The number of hydrogen-bond donors (Lipinski definition) is 2. The van der Waals surface area contributed by atoms with Crippen LogP contribution in [0.4, 0.5) is 0 Å². The number of hydrogen-bond acceptors (Lipinski definition) is 5. The second-order valence-electron chi connectivity index (χ2n) is 6.35. The first kappa shape index (κ1) is 21.1. The maximum Gasteiger partial charge on any atom is 0.254 e. The summed E-state index contributed by atoms with van der Waals surface area (Å²) in [5.41, 5.74) is 1.10. The molecule has 0 aliphatic carbocycles. The Morgan fingerprint density at radius 3 is 2.48 bits per heavy atom. The third-order valence-electron chi connectivity index (χ3n) is 4.49. The van der Waals surface area contributed by atoms with Crippen molar-refractivity contribution in [3.8, 4) is 0 Å². The van der Waals surface area contributed by atoms with Gasteiger partial charge < -0.3 is 10.2 Å². The lowest BCUT2D eigenvalue weighted by molar-refractivity contribution is -0.122. The van der Waals surface area contributed by atoms with E-state index in [-0.39, 0.29) is 23.3 Å². The van der Waals surface area contributed by atoms with Crippen molar-refractivity contribution in [1.29, 1.82) is 0 Å². The van der Waals surface area contributed by atoms with Crippen LogP contribution in [0.5, 0.6) is 0 Å². The van der Waals surface area contributed by atoms with E-state index in [4.69, 9.17) is 0 Å². The van der Waals surface area contributed by atoms with Gasteiger partial charge in [0, 0.05) is 38.3 Å². The van der Waals surface area contributed by atoms with Gasteiger partial charge in [0.05, 0.1) is 11.4 Å². The zero-order chi connectivity index (χ0) is 20.0. The second-order valence-corrected chi connectivity index (χ2v) is 8.23. The van der Waals surface area contributed by atoms with Gasteiger partial charge in [-0.15, -0.1) is 6.58 Å². The summed E-state index contributed by atoms with van der Waals surface area (Å²) >= 11 is 0. The number of amides is 2. The zero-order valence-electron chi connectivity index (χ0n) is 15.7. The first-order valence-electron chi connectivity index (χ1n) is 8.72. The van der Waals surface area contributed by atoms with Crippen LogP contribution in [0.2, 0.25) is 0 Å². The summed E-state index contributed by atoms with van der Waals surface area (Å²) in [6, 6.07) is 4.54. The summed E-state index contributed by atoms with van der Waals surface area (Å²) in [6.45, 7) is 8.19. The van der Waals surface area contributed by atoms with Crippen molar-refractivity contribution in [3.63, 3.8) is 0 Å². The Kier molecular flexibility index (Phi) is 7.11. The highest BCUT2D eigenvalue weighted by molar-refractivity contribution is 7.89. The Labute approximate surface area is 160 Å². The van der Waals surface area contributed by atoms with Gasteiger partial charge in [0.2, 0.25) is 15.9 Å². The Hall–Kier alpha value is -2.23. The molecule has 0 atom stereocenters. The lowest BCUT2D eigenvalue weighted by Crippen LogP contribution is -2.51. The van der Waals surface area contributed by atoms with E-state index in [1.807, 2.05) is 4.90 Å². The summed E-state index contributed by atoms with van der Waals surface area (Å²) in [5, 5.41) is 2.73. The number of carbonyl (C=O) groups is 2. The van der Waals surface area contributed by atoms with Gasteiger partial charge in [-0.3, -0.25) is 14.5 Å². The Bertz CT molecular complexity index is 815. The molecule has 1 aromatic carbocycles. The molecule has 27 heavy (non-hydrogen) atoms. The standard InChI is InChI=1S/C18H26N4O4S/c1-4-7-20-17(23)13-21-8-10-22(11-9-21)18(24)16-12-15(6-5-14(16)2)27(25,26)19-3/h4-6,12,19H,1,7-11,13H2,2-3H3,(H,20,23). The molecule has 8 nitrogen and oxygen atoms in total. The van der Waals surface area contributed by atoms with Crippen molar-refractivity contribution in [2.24, 2.45) is 0 Å². The molecule has 1 fully saturated rings. The summed E-state index contributed by atoms with van der Waals surface area (Å²) in [4.78, 5) is 28.4. The van der Waals surface area contributed by atoms with Crippen LogP contribution in [0.1, 0.15) is 15.9 Å². The first-order valence-corrected chi connectivity index (χ1v) is 10.2. The SMILES string of the molecule is C=CCNC(=O)CN1CCN(C(=O)c2cc(S(=O)(=O)NC)ccc2C)CC1. The van der Waals surface area contributed by atoms with E-state index < -0.39 is 10.0 Å². The van der Waals surface area contributed by atoms with E-state index in [1.54, 1.807) is 24.0 Å². The van der Waals surface area contributed by atoms with E-state index in [2.05, 4.69) is 16.6 Å². The molecular formula is C18H26N4O4S. The van der Waals surface area contributed by atoms with Gasteiger partial charge in [-0.1, -0.05) is 12.1 Å². The largest absolute Gasteiger partial charge is 0.352 e. The molecule has 1 saturated heterocycles. The Balaban J connectivity index is 2.03. The highest BCUT2D eigenvalue weighted by Gasteiger charge is 2.25. The van der Waals surface area contributed by atoms with Crippen molar-refractivity contribution in [3.05, 3.63) is 42.0 Å². The van der Waals surface area contributed by atoms with Gasteiger partial charge in [-0.05, 0) is 31.7 Å². The molecule has 2 N–H and O–H groups in total. The molecule has 2 amide bonds. The minimum atomic E-state index is -3.61. The molecule has 0 saturated carbocycles. The van der Waals surface area contributed by atoms with Crippen LogP contribution in [-0.2, 0) is 14.8 Å². The average molecular weight is 394 g/mol. The van der Waals surface area contributed by atoms with Crippen LogP contribution in [0.25, 0.3) is 0 Å². The normalized spacial score (nSPS) is 15.4. The maximum atomic E-state index is 12.9. The van der Waals surface area contributed by atoms with Crippen LogP contribution < -0.4 is 10.0 Å². The van der Waals surface area contributed by atoms with Crippen LogP contribution in [0.15, 0.2) is 35.7 Å². The van der Waals surface area contributed by atoms with E-state index in [9.17, 15) is 18.0 Å². The molecule has 0 aromatic heterocycles. The summed E-state index contributed by atoms with van der Waals surface area (Å²) < 4.78 is 26.3. The molecule has 0 bridgehead atoms. The lowest BCUT2D eigenvalue weighted by atomic mass is 10.1. The fourth-order valence-electron chi connectivity index (χ4n) is 2.84. The van der Waals surface area contributed by atoms with Crippen LogP contribution in [0.3, 0.4) is 0 Å². The fraction of sp³-hybridized carbons (Fsp3) is 0.444. The molecule has 9 heteroatoms. The van der Waals surface area contributed by atoms with Gasteiger partial charge in [0.25, 0.3) is 5.91 Å². The number of rotatable bonds is 7. The van der Waals surface area contributed by atoms with Crippen LogP contribution in [0, 0.1) is 6.92 Å². The van der Waals surface area contributed by atoms with Crippen molar-refractivity contribution < 1.29 is 18.0 Å². The molecule has 0 unspecified atom stereocenters. The molecule has 1 aromatic rings. The molecule has 2 rings (SSSR count). The third-order valence-corrected chi connectivity index (χ3v) is 5.90. The molecule has 0 radical (unpaired) electrons. The quantitative estimate of drug-likeness (QED) is 0.633. The fourth-order valence-corrected chi connectivity index (χ4v) is 3.60. The predicted molar refractivity (Wildman–Crippen MR) is 103 cm³/mol. The van der Waals surface area contributed by atoms with Gasteiger partial charge in [0.15, 0.2) is 0 Å². The van der Waals surface area contributed by atoms with Gasteiger partial charge in [-0.2, -0.15) is 0 Å². The highest BCUT2D eigenvalue weighted by Crippen LogP contribution is 2.18. The van der Waals surface area contributed by atoms with E-state index >= 15 is 0 Å². The topological polar surface area (TPSA) is 98.8 Å². The average Bonchev–Trinajstić information content (AvgIpc) is 2.66. The third kappa shape index (κ3) is 5.38. The van der Waals surface area contributed by atoms with E-state index in [0.717, 1.165) is 5.56 Å². The number of sulfonamides is 1. The molecule has 148 valence electrons. The van der Waals surface area contributed by atoms with Crippen LogP contribution >= 0.6 is 0 Å². The van der Waals surface area contributed by atoms with Crippen molar-refractivity contribution in [2.45, 2.75) is 11.8 Å². The second kappa shape index (κ2) is 9.12. The van der Waals surface area contributed by atoms with Crippen molar-refractivity contribution >= 4 is 21.8 Å². The lowest BCUT2D eigenvalue weighted by Gasteiger charge is -2.34. The predicted octanol–water partition coefficient (Wildman–Crippen LogP) is -0.0369. The summed E-state index contributed by atoms with van der Waals surface area (Å²) in [5.74, 6) is -0.271. The Morgan fingerprint density at radius 1 is 1.22 bits per heavy atom. The number of aryl methyl sites for hydroxylation is 1. The van der Waals surface area contributed by atoms with Crippen molar-refractivity contribution in [1.82, 2.24) is 19.8 Å². The number of nitrogens with zero attached hydrogens (tertiary/aromatic N) is 2. The van der Waals surface area contributed by atoms with Crippen LogP contribution in [-0.4, -0.2) is 76.3 Å². The van der Waals surface area contributed by atoms with Gasteiger partial charge in [-0.25, -0.2) is 13.1 Å². The van der Waals surface area contributed by atoms with Gasteiger partial charge >= 0.3 is 0 Å². The molecular weight excluding hydrogens is 368 g/mol. The first-order chi connectivity index (χ1) is 12.8. The molecule has 1 heterocycles. The number of piperazine rings is 1. The minimum absolute atomic E-state index is 0.0662. The number of carbonyl (C=O) groups excluding carboxylic acids is 2. The minimum Gasteiger partial charge on any atom is -0.352 e. The van der Waals surface area contributed by atoms with E-state index in [1.165, 1.54) is 19.2 Å². The molecule has 1 aliphatic rings. The monoisotopic (exact) mass is 394 g/mol. The summed E-state index contributed by atoms with van der Waals surface area (Å²) in [7, 11) is -2.28.